The van der Waals surface area contributed by atoms with Crippen molar-refractivity contribution < 1.29 is 14.3 Å². The maximum atomic E-state index is 12.0. The number of carbonyl (C=O) groups is 1. The van der Waals surface area contributed by atoms with Crippen LogP contribution < -0.4 is 10.5 Å². The largest absolute Gasteiger partial charge is 0.489 e. The molecule has 0 aliphatic heterocycles. The number of aromatic amines is 1. The van der Waals surface area contributed by atoms with E-state index >= 15 is 0 Å². The molecule has 0 amide bonds. The fourth-order valence-electron chi connectivity index (χ4n) is 2.65. The van der Waals surface area contributed by atoms with E-state index in [9.17, 15) is 4.79 Å². The first-order chi connectivity index (χ1) is 11.7. The minimum Gasteiger partial charge on any atom is -0.489 e. The number of rotatable bonds is 6. The van der Waals surface area contributed by atoms with Crippen LogP contribution in [0.15, 0.2) is 48.5 Å². The van der Waals surface area contributed by atoms with E-state index in [1.807, 2.05) is 48.5 Å². The first-order valence-corrected chi connectivity index (χ1v) is 7.91. The van der Waals surface area contributed by atoms with Crippen LogP contribution in [0.3, 0.4) is 0 Å². The van der Waals surface area contributed by atoms with Gasteiger partial charge in [-0.1, -0.05) is 30.3 Å². The summed E-state index contributed by atoms with van der Waals surface area (Å²) in [6.45, 7) is 2.83. The summed E-state index contributed by atoms with van der Waals surface area (Å²) < 4.78 is 10.9. The lowest BCUT2D eigenvalue weighted by Crippen LogP contribution is -2.10. The molecule has 3 aromatic rings. The second-order valence-electron chi connectivity index (χ2n) is 5.38. The highest BCUT2D eigenvalue weighted by molar-refractivity contribution is 5.98. The van der Waals surface area contributed by atoms with E-state index in [0.717, 1.165) is 27.8 Å². The fourth-order valence-corrected chi connectivity index (χ4v) is 2.65. The molecule has 0 radical (unpaired) electrons. The van der Waals surface area contributed by atoms with E-state index in [1.165, 1.54) is 0 Å². The van der Waals surface area contributed by atoms with Gasteiger partial charge >= 0.3 is 5.97 Å². The molecule has 2 aromatic carbocycles. The van der Waals surface area contributed by atoms with Crippen LogP contribution in [0, 0.1) is 0 Å². The molecule has 0 aliphatic rings. The van der Waals surface area contributed by atoms with Crippen LogP contribution in [0.2, 0.25) is 0 Å². The maximum absolute atomic E-state index is 12.0. The van der Waals surface area contributed by atoms with Gasteiger partial charge in [0.15, 0.2) is 0 Å². The molecule has 24 heavy (non-hydrogen) atoms. The standard InChI is InChI=1S/C19H20N2O3/c1-2-23-19(22)18-16(11-20)15-10-14(8-9-17(15)21-18)24-12-13-6-4-3-5-7-13/h3-10,21H,2,11-12,20H2,1H3. The summed E-state index contributed by atoms with van der Waals surface area (Å²) in [5.74, 6) is 0.344. The molecule has 0 spiro atoms. The van der Waals surface area contributed by atoms with Crippen LogP contribution in [-0.4, -0.2) is 17.6 Å². The van der Waals surface area contributed by atoms with Gasteiger partial charge in [0.2, 0.25) is 0 Å². The number of aromatic nitrogens is 1. The number of nitrogens with two attached hydrogens (primary N) is 1. The van der Waals surface area contributed by atoms with Crippen LogP contribution in [0.4, 0.5) is 0 Å². The number of carbonyl (C=O) groups excluding carboxylic acids is 1. The van der Waals surface area contributed by atoms with E-state index in [2.05, 4.69) is 4.98 Å². The van der Waals surface area contributed by atoms with Gasteiger partial charge in [-0.3, -0.25) is 0 Å². The summed E-state index contributed by atoms with van der Waals surface area (Å²) >= 11 is 0. The van der Waals surface area contributed by atoms with Crippen LogP contribution >= 0.6 is 0 Å². The van der Waals surface area contributed by atoms with Gasteiger partial charge in [-0.05, 0) is 30.7 Å². The smallest absolute Gasteiger partial charge is 0.355 e. The molecule has 0 bridgehead atoms. The Morgan fingerprint density at radius 2 is 1.96 bits per heavy atom. The summed E-state index contributed by atoms with van der Waals surface area (Å²) in [4.78, 5) is 15.1. The number of ether oxygens (including phenoxy) is 2. The Labute approximate surface area is 140 Å². The van der Waals surface area contributed by atoms with Gasteiger partial charge in [-0.25, -0.2) is 4.79 Å². The Bertz CT molecular complexity index is 840. The Morgan fingerprint density at radius 1 is 1.17 bits per heavy atom. The monoisotopic (exact) mass is 324 g/mol. The second kappa shape index (κ2) is 7.19. The van der Waals surface area contributed by atoms with Gasteiger partial charge in [0.05, 0.1) is 6.61 Å². The third-order valence-corrected chi connectivity index (χ3v) is 3.81. The molecule has 124 valence electrons. The summed E-state index contributed by atoms with van der Waals surface area (Å²) in [6, 6.07) is 15.6. The molecular formula is C19H20N2O3. The third kappa shape index (κ3) is 3.26. The molecular weight excluding hydrogens is 304 g/mol. The molecule has 0 unspecified atom stereocenters. The predicted octanol–water partition coefficient (Wildman–Crippen LogP) is 3.38. The number of benzene rings is 2. The zero-order chi connectivity index (χ0) is 16.9. The van der Waals surface area contributed by atoms with Gasteiger partial charge in [0.1, 0.15) is 18.1 Å². The van der Waals surface area contributed by atoms with Crippen molar-refractivity contribution in [2.75, 3.05) is 6.61 Å². The maximum Gasteiger partial charge on any atom is 0.355 e. The van der Waals surface area contributed by atoms with Crippen molar-refractivity contribution in [3.63, 3.8) is 0 Å². The van der Waals surface area contributed by atoms with Crippen molar-refractivity contribution in [2.45, 2.75) is 20.1 Å². The molecule has 5 heteroatoms. The van der Waals surface area contributed by atoms with E-state index in [-0.39, 0.29) is 12.5 Å². The van der Waals surface area contributed by atoms with Gasteiger partial charge in [0, 0.05) is 23.0 Å². The Balaban J connectivity index is 1.88. The highest BCUT2D eigenvalue weighted by atomic mass is 16.5. The molecule has 0 aliphatic carbocycles. The summed E-state index contributed by atoms with van der Waals surface area (Å²) in [6.07, 6.45) is 0. The molecule has 1 heterocycles. The van der Waals surface area contributed by atoms with E-state index in [0.29, 0.717) is 18.9 Å². The Kier molecular flexibility index (Phi) is 4.82. The second-order valence-corrected chi connectivity index (χ2v) is 5.38. The van der Waals surface area contributed by atoms with Crippen molar-refractivity contribution in [1.29, 1.82) is 0 Å². The lowest BCUT2D eigenvalue weighted by molar-refractivity contribution is 0.0519. The fraction of sp³-hybridized carbons (Fsp3) is 0.211. The normalized spacial score (nSPS) is 10.8. The molecule has 3 N–H and O–H groups in total. The van der Waals surface area contributed by atoms with E-state index in [1.54, 1.807) is 6.92 Å². The van der Waals surface area contributed by atoms with Crippen molar-refractivity contribution >= 4 is 16.9 Å². The van der Waals surface area contributed by atoms with Crippen molar-refractivity contribution in [3.8, 4) is 5.75 Å². The molecule has 0 saturated heterocycles. The number of fused-ring (bicyclic) bond motifs is 1. The zero-order valence-electron chi connectivity index (χ0n) is 13.5. The highest BCUT2D eigenvalue weighted by Crippen LogP contribution is 2.27. The predicted molar refractivity (Wildman–Crippen MR) is 92.9 cm³/mol. The van der Waals surface area contributed by atoms with Gasteiger partial charge in [-0.15, -0.1) is 0 Å². The quantitative estimate of drug-likeness (QED) is 0.681. The average Bonchev–Trinajstić information content (AvgIpc) is 2.99. The van der Waals surface area contributed by atoms with Crippen LogP contribution in [0.5, 0.6) is 5.75 Å². The number of nitrogens with one attached hydrogen (secondary N) is 1. The molecule has 0 saturated carbocycles. The molecule has 5 nitrogen and oxygen atoms in total. The molecule has 1 aromatic heterocycles. The number of H-pyrrole nitrogens is 1. The number of hydrogen-bond acceptors (Lipinski definition) is 4. The van der Waals surface area contributed by atoms with E-state index in [4.69, 9.17) is 15.2 Å². The van der Waals surface area contributed by atoms with E-state index < -0.39 is 0 Å². The lowest BCUT2D eigenvalue weighted by Gasteiger charge is -2.07. The average molecular weight is 324 g/mol. The summed E-state index contributed by atoms with van der Waals surface area (Å²) in [5.41, 5.74) is 8.93. The van der Waals surface area contributed by atoms with Crippen molar-refractivity contribution in [3.05, 3.63) is 65.4 Å². The minimum absolute atomic E-state index is 0.246. The molecule has 0 atom stereocenters. The highest BCUT2D eigenvalue weighted by Gasteiger charge is 2.18. The summed E-state index contributed by atoms with van der Waals surface area (Å²) in [5, 5.41) is 0.881. The first-order valence-electron chi connectivity index (χ1n) is 7.91. The van der Waals surface area contributed by atoms with Gasteiger partial charge in [-0.2, -0.15) is 0 Å². The van der Waals surface area contributed by atoms with Gasteiger partial charge in [0.25, 0.3) is 0 Å². The number of esters is 1. The minimum atomic E-state index is -0.388. The third-order valence-electron chi connectivity index (χ3n) is 3.81. The molecule has 0 fully saturated rings. The van der Waals surface area contributed by atoms with Crippen LogP contribution in [-0.2, 0) is 17.9 Å². The SMILES string of the molecule is CCOC(=O)c1[nH]c2ccc(OCc3ccccc3)cc2c1CN. The molecule has 3 rings (SSSR count). The lowest BCUT2D eigenvalue weighted by atomic mass is 10.1. The van der Waals surface area contributed by atoms with Gasteiger partial charge < -0.3 is 20.2 Å². The van der Waals surface area contributed by atoms with Crippen LogP contribution in [0.25, 0.3) is 10.9 Å². The zero-order valence-corrected chi connectivity index (χ0v) is 13.5. The first kappa shape index (κ1) is 16.1. The van der Waals surface area contributed by atoms with Crippen LogP contribution in [0.1, 0.15) is 28.5 Å². The Morgan fingerprint density at radius 3 is 2.67 bits per heavy atom. The topological polar surface area (TPSA) is 77.3 Å². The van der Waals surface area contributed by atoms with Crippen molar-refractivity contribution in [1.82, 2.24) is 4.98 Å². The summed E-state index contributed by atoms with van der Waals surface area (Å²) in [7, 11) is 0. The Hall–Kier alpha value is -2.79. The van der Waals surface area contributed by atoms with Crippen molar-refractivity contribution in [2.24, 2.45) is 5.73 Å². The number of hydrogen-bond donors (Lipinski definition) is 2.